The highest BCUT2D eigenvalue weighted by Gasteiger charge is 2.34. The predicted octanol–water partition coefficient (Wildman–Crippen LogP) is 6.40. The highest BCUT2D eigenvalue weighted by Crippen LogP contribution is 2.34. The number of rotatable bonds is 3. The van der Waals surface area contributed by atoms with Gasteiger partial charge in [0.25, 0.3) is 5.92 Å². The first kappa shape index (κ1) is 21.0. The fourth-order valence-corrected chi connectivity index (χ4v) is 4.15. The molecule has 1 aliphatic rings. The van der Waals surface area contributed by atoms with Crippen LogP contribution < -0.4 is 15.5 Å². The van der Waals surface area contributed by atoms with E-state index in [-0.39, 0.29) is 31.0 Å². The largest absolute Gasteiger partial charge is 0.358 e. The molecule has 1 saturated heterocycles. The molecule has 0 atom stereocenters. The fourth-order valence-electron chi connectivity index (χ4n) is 3.32. The van der Waals surface area contributed by atoms with Gasteiger partial charge < -0.3 is 20.5 Å². The Morgan fingerprint density at radius 2 is 1.83 bits per heavy atom. The minimum absolute atomic E-state index is 0.165. The minimum atomic E-state index is -2.65. The summed E-state index contributed by atoms with van der Waals surface area (Å²) in [4.78, 5) is 21.3. The SMILES string of the molecule is O=C(Nc1cnc(N2CCC(F)(F)CC2)c(Cl)c1)Nc1c[nH]c2c(Cl)cc(Cl)cc12. The monoisotopic (exact) mass is 473 g/mol. The van der Waals surface area contributed by atoms with Crippen molar-refractivity contribution in [2.75, 3.05) is 28.6 Å². The van der Waals surface area contributed by atoms with Crippen LogP contribution >= 0.6 is 34.8 Å². The maximum Gasteiger partial charge on any atom is 0.323 e. The van der Waals surface area contributed by atoms with Crippen LogP contribution in [0.1, 0.15) is 12.8 Å². The van der Waals surface area contributed by atoms with Crippen LogP contribution in [0, 0.1) is 0 Å². The van der Waals surface area contributed by atoms with Gasteiger partial charge in [-0.3, -0.25) is 0 Å². The molecule has 0 spiro atoms. The van der Waals surface area contributed by atoms with Gasteiger partial charge in [-0.1, -0.05) is 34.8 Å². The number of alkyl halides is 2. The van der Waals surface area contributed by atoms with Crippen molar-refractivity contribution >= 4 is 68.9 Å². The predicted molar refractivity (Wildman–Crippen MR) is 117 cm³/mol. The van der Waals surface area contributed by atoms with Gasteiger partial charge in [0.2, 0.25) is 0 Å². The van der Waals surface area contributed by atoms with Crippen LogP contribution in [-0.2, 0) is 0 Å². The Morgan fingerprint density at radius 3 is 2.53 bits per heavy atom. The highest BCUT2D eigenvalue weighted by atomic mass is 35.5. The molecule has 1 fully saturated rings. The molecule has 30 heavy (non-hydrogen) atoms. The minimum Gasteiger partial charge on any atom is -0.358 e. The van der Waals surface area contributed by atoms with E-state index in [0.717, 1.165) is 0 Å². The number of anilines is 3. The number of aromatic nitrogens is 2. The summed E-state index contributed by atoms with van der Waals surface area (Å²) >= 11 is 18.5. The molecule has 1 aromatic carbocycles. The number of carbonyl (C=O) groups is 1. The molecule has 2 aromatic heterocycles. The number of halogens is 5. The van der Waals surface area contributed by atoms with Gasteiger partial charge in [0.15, 0.2) is 0 Å². The molecular formula is C19H16Cl3F2N5O. The molecular weight excluding hydrogens is 459 g/mol. The van der Waals surface area contributed by atoms with Crippen molar-refractivity contribution in [1.82, 2.24) is 9.97 Å². The van der Waals surface area contributed by atoms with Crippen LogP contribution in [-0.4, -0.2) is 35.0 Å². The molecule has 0 saturated carbocycles. The van der Waals surface area contributed by atoms with Gasteiger partial charge >= 0.3 is 6.03 Å². The van der Waals surface area contributed by atoms with Gasteiger partial charge in [-0.15, -0.1) is 0 Å². The first-order valence-electron chi connectivity index (χ1n) is 9.04. The summed E-state index contributed by atoms with van der Waals surface area (Å²) in [5.41, 5.74) is 1.51. The Hall–Kier alpha value is -2.29. The lowest BCUT2D eigenvalue weighted by molar-refractivity contribution is -0.0221. The lowest BCUT2D eigenvalue weighted by Gasteiger charge is -2.33. The van der Waals surface area contributed by atoms with Crippen LogP contribution in [0.15, 0.2) is 30.6 Å². The number of fused-ring (bicyclic) bond motifs is 1. The first-order valence-corrected chi connectivity index (χ1v) is 10.2. The summed E-state index contributed by atoms with van der Waals surface area (Å²) in [6.45, 7) is 0.331. The second kappa shape index (κ2) is 8.09. The number of nitrogens with one attached hydrogen (secondary N) is 3. The Kier molecular flexibility index (Phi) is 5.65. The lowest BCUT2D eigenvalue weighted by Crippen LogP contribution is -2.39. The zero-order chi connectivity index (χ0) is 21.5. The third kappa shape index (κ3) is 4.40. The first-order chi connectivity index (χ1) is 14.2. The number of pyridine rings is 1. The van der Waals surface area contributed by atoms with Crippen LogP contribution in [0.2, 0.25) is 15.1 Å². The number of hydrogen-bond donors (Lipinski definition) is 3. The number of nitrogens with zero attached hydrogens (tertiary/aromatic N) is 2. The van der Waals surface area contributed by atoms with Crippen molar-refractivity contribution < 1.29 is 13.6 Å². The zero-order valence-electron chi connectivity index (χ0n) is 15.4. The fraction of sp³-hybridized carbons (Fsp3) is 0.263. The van der Waals surface area contributed by atoms with Gasteiger partial charge in [-0.2, -0.15) is 0 Å². The Morgan fingerprint density at radius 1 is 1.10 bits per heavy atom. The summed E-state index contributed by atoms with van der Waals surface area (Å²) < 4.78 is 26.7. The molecule has 158 valence electrons. The van der Waals surface area contributed by atoms with Crippen LogP contribution in [0.25, 0.3) is 10.9 Å². The number of piperidine rings is 1. The molecule has 2 amide bonds. The van der Waals surface area contributed by atoms with E-state index in [1.165, 1.54) is 12.3 Å². The molecule has 11 heteroatoms. The van der Waals surface area contributed by atoms with E-state index < -0.39 is 12.0 Å². The van der Waals surface area contributed by atoms with Crippen molar-refractivity contribution in [1.29, 1.82) is 0 Å². The number of hydrogen-bond acceptors (Lipinski definition) is 3. The van der Waals surface area contributed by atoms with Crippen molar-refractivity contribution in [3.8, 4) is 0 Å². The average molecular weight is 475 g/mol. The summed E-state index contributed by atoms with van der Waals surface area (Å²) in [7, 11) is 0. The number of benzene rings is 1. The standard InChI is InChI=1S/C19H16Cl3F2N5O/c20-10-5-12-15(9-25-16(12)13(21)6-10)28-18(30)27-11-7-14(22)17(26-8-11)29-3-1-19(23,24)2-4-29/h5-9,25H,1-4H2,(H2,27,28,30). The molecule has 1 aliphatic heterocycles. The summed E-state index contributed by atoms with van der Waals surface area (Å²) in [6, 6.07) is 4.30. The average Bonchev–Trinajstić information content (AvgIpc) is 3.05. The quantitative estimate of drug-likeness (QED) is 0.411. The molecule has 0 radical (unpaired) electrons. The van der Waals surface area contributed by atoms with E-state index >= 15 is 0 Å². The lowest BCUT2D eigenvalue weighted by atomic mass is 10.1. The molecule has 3 aromatic rings. The Balaban J connectivity index is 1.45. The van der Waals surface area contributed by atoms with Crippen molar-refractivity contribution in [3.63, 3.8) is 0 Å². The molecule has 6 nitrogen and oxygen atoms in total. The normalized spacial score (nSPS) is 16.0. The number of amides is 2. The molecule has 0 bridgehead atoms. The maximum atomic E-state index is 13.3. The topological polar surface area (TPSA) is 73.1 Å². The Bertz CT molecular complexity index is 1110. The van der Waals surface area contributed by atoms with E-state index in [2.05, 4.69) is 20.6 Å². The Labute approximate surface area is 185 Å². The van der Waals surface area contributed by atoms with E-state index in [1.807, 2.05) is 0 Å². The van der Waals surface area contributed by atoms with Crippen molar-refractivity contribution in [2.24, 2.45) is 0 Å². The molecule has 4 rings (SSSR count). The van der Waals surface area contributed by atoms with E-state index in [4.69, 9.17) is 34.8 Å². The summed E-state index contributed by atoms with van der Waals surface area (Å²) in [5, 5.41) is 7.16. The number of urea groups is 1. The number of H-pyrrole nitrogens is 1. The molecule has 0 aliphatic carbocycles. The second-order valence-corrected chi connectivity index (χ2v) is 8.21. The van der Waals surface area contributed by atoms with Gasteiger partial charge in [0.1, 0.15) is 5.82 Å². The van der Waals surface area contributed by atoms with Crippen LogP contribution in [0.4, 0.5) is 30.8 Å². The zero-order valence-corrected chi connectivity index (χ0v) is 17.7. The van der Waals surface area contributed by atoms with E-state index in [9.17, 15) is 13.6 Å². The smallest absolute Gasteiger partial charge is 0.323 e. The summed E-state index contributed by atoms with van der Waals surface area (Å²) in [6.07, 6.45) is 2.54. The van der Waals surface area contributed by atoms with E-state index in [0.29, 0.717) is 38.1 Å². The van der Waals surface area contributed by atoms with Crippen molar-refractivity contribution in [2.45, 2.75) is 18.8 Å². The van der Waals surface area contributed by atoms with Crippen LogP contribution in [0.3, 0.4) is 0 Å². The molecule has 3 heterocycles. The molecule has 3 N–H and O–H groups in total. The number of aromatic amines is 1. The highest BCUT2D eigenvalue weighted by molar-refractivity contribution is 6.39. The van der Waals surface area contributed by atoms with Crippen LogP contribution in [0.5, 0.6) is 0 Å². The number of carbonyl (C=O) groups excluding carboxylic acids is 1. The second-order valence-electron chi connectivity index (χ2n) is 6.96. The van der Waals surface area contributed by atoms with Gasteiger partial charge in [0, 0.05) is 42.5 Å². The van der Waals surface area contributed by atoms with Crippen molar-refractivity contribution in [3.05, 3.63) is 45.7 Å². The van der Waals surface area contributed by atoms with Gasteiger partial charge in [0.05, 0.1) is 33.1 Å². The third-order valence-corrected chi connectivity index (χ3v) is 5.62. The molecule has 0 unspecified atom stereocenters. The van der Waals surface area contributed by atoms with Gasteiger partial charge in [-0.25, -0.2) is 18.6 Å². The van der Waals surface area contributed by atoms with Gasteiger partial charge in [-0.05, 0) is 18.2 Å². The summed E-state index contributed by atoms with van der Waals surface area (Å²) in [5.74, 6) is -2.24. The maximum absolute atomic E-state index is 13.3. The third-order valence-electron chi connectivity index (χ3n) is 4.83. The van der Waals surface area contributed by atoms with E-state index in [1.54, 1.807) is 23.2 Å².